The fraction of sp³-hybridized carbons (Fsp3) is 0.938. The molecule has 0 aromatic heterocycles. The summed E-state index contributed by atoms with van der Waals surface area (Å²) in [7, 11) is 0. The van der Waals surface area contributed by atoms with Gasteiger partial charge in [0.15, 0.2) is 0 Å². The van der Waals surface area contributed by atoms with Gasteiger partial charge in [0.05, 0.1) is 12.7 Å². The van der Waals surface area contributed by atoms with E-state index in [0.717, 1.165) is 52.2 Å². The molecule has 122 valence electrons. The highest BCUT2D eigenvalue weighted by Gasteiger charge is 2.26. The fourth-order valence-electron chi connectivity index (χ4n) is 3.03. The zero-order valence-electron chi connectivity index (χ0n) is 13.6. The lowest BCUT2D eigenvalue weighted by atomic mass is 10.1. The Morgan fingerprint density at radius 2 is 2.05 bits per heavy atom. The Hall–Kier alpha value is -0.650. The quantitative estimate of drug-likeness (QED) is 0.745. The second-order valence-corrected chi connectivity index (χ2v) is 6.13. The number of rotatable bonds is 6. The molecule has 0 aliphatic carbocycles. The van der Waals surface area contributed by atoms with Gasteiger partial charge in [-0.05, 0) is 39.2 Å². The average Bonchev–Trinajstić information content (AvgIpc) is 2.54. The molecule has 1 amide bonds. The van der Waals surface area contributed by atoms with E-state index in [1.54, 1.807) is 0 Å². The van der Waals surface area contributed by atoms with E-state index < -0.39 is 0 Å². The van der Waals surface area contributed by atoms with Gasteiger partial charge in [-0.25, -0.2) is 0 Å². The smallest absolute Gasteiger partial charge is 0.251 e. The number of hydrogen-bond acceptors (Lipinski definition) is 4. The molecule has 2 atom stereocenters. The molecule has 0 aromatic carbocycles. The van der Waals surface area contributed by atoms with Gasteiger partial charge in [0, 0.05) is 32.8 Å². The van der Waals surface area contributed by atoms with Crippen molar-refractivity contribution in [2.75, 3.05) is 45.9 Å². The Labute approximate surface area is 128 Å². The minimum atomic E-state index is -0.353. The van der Waals surface area contributed by atoms with Crippen molar-refractivity contribution >= 4 is 5.91 Å². The second-order valence-electron chi connectivity index (χ2n) is 6.13. The second kappa shape index (κ2) is 8.71. The molecule has 2 aliphatic rings. The van der Waals surface area contributed by atoms with Crippen LogP contribution in [0.2, 0.25) is 0 Å². The minimum absolute atomic E-state index is 0.127. The first-order valence-corrected chi connectivity index (χ1v) is 8.45. The third-order valence-electron chi connectivity index (χ3n) is 4.38. The van der Waals surface area contributed by atoms with Gasteiger partial charge in [0.25, 0.3) is 5.91 Å². The van der Waals surface area contributed by atoms with Gasteiger partial charge < -0.3 is 14.4 Å². The molecule has 0 spiro atoms. The molecule has 0 N–H and O–H groups in total. The summed E-state index contributed by atoms with van der Waals surface area (Å²) in [5.74, 6) is 0.127. The number of ether oxygens (including phenoxy) is 2. The van der Waals surface area contributed by atoms with Crippen molar-refractivity contribution in [3.63, 3.8) is 0 Å². The average molecular weight is 298 g/mol. The Morgan fingerprint density at radius 1 is 1.29 bits per heavy atom. The summed E-state index contributed by atoms with van der Waals surface area (Å²) in [6.45, 7) is 10.2. The van der Waals surface area contributed by atoms with Crippen LogP contribution >= 0.6 is 0 Å². The number of hydrogen-bond donors (Lipinski definition) is 0. The van der Waals surface area contributed by atoms with E-state index in [0.29, 0.717) is 6.61 Å². The van der Waals surface area contributed by atoms with Crippen molar-refractivity contribution in [2.45, 2.75) is 51.7 Å². The molecule has 5 nitrogen and oxygen atoms in total. The number of nitrogens with zero attached hydrogens (tertiary/aromatic N) is 2. The van der Waals surface area contributed by atoms with E-state index in [2.05, 4.69) is 11.8 Å². The van der Waals surface area contributed by atoms with Gasteiger partial charge in [0.2, 0.25) is 0 Å². The van der Waals surface area contributed by atoms with Crippen LogP contribution in [0.5, 0.6) is 0 Å². The van der Waals surface area contributed by atoms with Crippen molar-refractivity contribution in [1.82, 2.24) is 9.80 Å². The Balaban J connectivity index is 1.67. The van der Waals surface area contributed by atoms with Gasteiger partial charge >= 0.3 is 0 Å². The van der Waals surface area contributed by atoms with E-state index in [9.17, 15) is 4.79 Å². The lowest BCUT2D eigenvalue weighted by Crippen LogP contribution is -2.51. The SMILES string of the molecule is CCCN1CCN(C(=O)C(C)OCC2CCCCO2)CC1. The molecule has 2 heterocycles. The number of amides is 1. The summed E-state index contributed by atoms with van der Waals surface area (Å²) in [6.07, 6.45) is 4.40. The first-order valence-electron chi connectivity index (χ1n) is 8.45. The van der Waals surface area contributed by atoms with Crippen LogP contribution in [0.3, 0.4) is 0 Å². The molecule has 5 heteroatoms. The third kappa shape index (κ3) is 5.24. The minimum Gasteiger partial charge on any atom is -0.376 e. The maximum atomic E-state index is 12.4. The van der Waals surface area contributed by atoms with Crippen LogP contribution in [-0.4, -0.2) is 73.9 Å². The van der Waals surface area contributed by atoms with Gasteiger partial charge in [-0.3, -0.25) is 9.69 Å². The Kier molecular flexibility index (Phi) is 6.93. The van der Waals surface area contributed by atoms with Crippen LogP contribution in [-0.2, 0) is 14.3 Å². The van der Waals surface area contributed by atoms with E-state index in [-0.39, 0.29) is 18.1 Å². The lowest BCUT2D eigenvalue weighted by molar-refractivity contribution is -0.147. The Morgan fingerprint density at radius 3 is 2.67 bits per heavy atom. The fourth-order valence-corrected chi connectivity index (χ4v) is 3.03. The summed E-state index contributed by atoms with van der Waals surface area (Å²) in [4.78, 5) is 16.7. The third-order valence-corrected chi connectivity index (χ3v) is 4.38. The first-order chi connectivity index (χ1) is 10.2. The molecule has 2 rings (SSSR count). The van der Waals surface area contributed by atoms with E-state index >= 15 is 0 Å². The monoisotopic (exact) mass is 298 g/mol. The summed E-state index contributed by atoms with van der Waals surface area (Å²) in [6, 6.07) is 0. The highest BCUT2D eigenvalue weighted by Crippen LogP contribution is 2.14. The summed E-state index contributed by atoms with van der Waals surface area (Å²) in [5.41, 5.74) is 0. The van der Waals surface area contributed by atoms with Crippen LogP contribution in [0.15, 0.2) is 0 Å². The van der Waals surface area contributed by atoms with Gasteiger partial charge in [-0.2, -0.15) is 0 Å². The van der Waals surface area contributed by atoms with Gasteiger partial charge in [0.1, 0.15) is 6.10 Å². The van der Waals surface area contributed by atoms with Crippen LogP contribution in [0.25, 0.3) is 0 Å². The predicted molar refractivity (Wildman–Crippen MR) is 82.3 cm³/mol. The van der Waals surface area contributed by atoms with E-state index in [1.807, 2.05) is 11.8 Å². The summed E-state index contributed by atoms with van der Waals surface area (Å²) in [5, 5.41) is 0. The normalized spacial score (nSPS) is 25.8. The van der Waals surface area contributed by atoms with Crippen molar-refractivity contribution in [3.8, 4) is 0 Å². The molecule has 0 radical (unpaired) electrons. The van der Waals surface area contributed by atoms with Crippen LogP contribution in [0, 0.1) is 0 Å². The molecule has 2 saturated heterocycles. The molecule has 21 heavy (non-hydrogen) atoms. The van der Waals surface area contributed by atoms with Gasteiger partial charge in [-0.15, -0.1) is 0 Å². The summed E-state index contributed by atoms with van der Waals surface area (Å²) < 4.78 is 11.4. The maximum absolute atomic E-state index is 12.4. The molecule has 0 aromatic rings. The van der Waals surface area contributed by atoms with Crippen molar-refractivity contribution in [2.24, 2.45) is 0 Å². The molecule has 2 fully saturated rings. The standard InChI is InChI=1S/C16H30N2O3/c1-3-7-17-8-10-18(11-9-17)16(19)14(2)21-13-15-6-4-5-12-20-15/h14-15H,3-13H2,1-2H3. The number of carbonyl (C=O) groups is 1. The molecule has 0 saturated carbocycles. The van der Waals surface area contributed by atoms with Crippen LogP contribution in [0.4, 0.5) is 0 Å². The zero-order chi connectivity index (χ0) is 15.1. The Bertz CT molecular complexity index is 311. The molecular weight excluding hydrogens is 268 g/mol. The zero-order valence-corrected chi connectivity index (χ0v) is 13.6. The maximum Gasteiger partial charge on any atom is 0.251 e. The number of carbonyl (C=O) groups excluding carboxylic acids is 1. The van der Waals surface area contributed by atoms with Crippen molar-refractivity contribution < 1.29 is 14.3 Å². The first kappa shape index (κ1) is 16.7. The highest BCUT2D eigenvalue weighted by molar-refractivity contribution is 5.80. The highest BCUT2D eigenvalue weighted by atomic mass is 16.5. The largest absolute Gasteiger partial charge is 0.376 e. The van der Waals surface area contributed by atoms with Gasteiger partial charge in [-0.1, -0.05) is 6.92 Å². The molecule has 0 bridgehead atoms. The van der Waals surface area contributed by atoms with Crippen LogP contribution < -0.4 is 0 Å². The molecule has 2 unspecified atom stereocenters. The predicted octanol–water partition coefficient (Wildman–Crippen LogP) is 1.51. The lowest BCUT2D eigenvalue weighted by Gasteiger charge is -2.36. The van der Waals surface area contributed by atoms with Crippen LogP contribution in [0.1, 0.15) is 39.5 Å². The van der Waals surface area contributed by atoms with Crippen molar-refractivity contribution in [1.29, 1.82) is 0 Å². The van der Waals surface area contributed by atoms with E-state index in [1.165, 1.54) is 12.8 Å². The van der Waals surface area contributed by atoms with E-state index in [4.69, 9.17) is 9.47 Å². The number of piperazine rings is 1. The summed E-state index contributed by atoms with van der Waals surface area (Å²) >= 11 is 0. The van der Waals surface area contributed by atoms with Crippen molar-refractivity contribution in [3.05, 3.63) is 0 Å². The topological polar surface area (TPSA) is 42.0 Å². The molecule has 2 aliphatic heterocycles. The molecular formula is C16H30N2O3.